The summed E-state index contributed by atoms with van der Waals surface area (Å²) in [5, 5.41) is 0. The smallest absolute Gasteiger partial charge is 0.0192 e. The van der Waals surface area contributed by atoms with Gasteiger partial charge < -0.3 is 0 Å². The van der Waals surface area contributed by atoms with Crippen molar-refractivity contribution in [2.75, 3.05) is 0 Å². The molecule has 1 unspecified atom stereocenters. The molecule has 4 rings (SSSR count). The van der Waals surface area contributed by atoms with Gasteiger partial charge in [0.2, 0.25) is 0 Å². The van der Waals surface area contributed by atoms with Crippen molar-refractivity contribution in [1.82, 2.24) is 0 Å². The third-order valence-electron chi connectivity index (χ3n) is 4.96. The summed E-state index contributed by atoms with van der Waals surface area (Å²) in [7, 11) is 0. The highest BCUT2D eigenvalue weighted by Gasteiger charge is 2.50. The van der Waals surface area contributed by atoms with Crippen molar-refractivity contribution in [2.24, 2.45) is 23.7 Å². The minimum atomic E-state index is 1.08. The van der Waals surface area contributed by atoms with Crippen LogP contribution in [0.4, 0.5) is 0 Å². The van der Waals surface area contributed by atoms with Gasteiger partial charge in [0, 0.05) is 0 Å². The number of fused-ring (bicyclic) bond motifs is 8. The average molecular weight is 160 g/mol. The first kappa shape index (κ1) is 6.23. The summed E-state index contributed by atoms with van der Waals surface area (Å²) in [6, 6.07) is 0. The number of hydrogen-bond donors (Lipinski definition) is 0. The van der Waals surface area contributed by atoms with Gasteiger partial charge in [0.25, 0.3) is 0 Å². The SMILES string of the molecule is C1C[C@@H]2CC1C1=C2[C@@H]2CC[C@H]1C2. The molecule has 0 nitrogen and oxygen atoms in total. The summed E-state index contributed by atoms with van der Waals surface area (Å²) in [6.07, 6.45) is 9.33. The minimum Gasteiger partial charge on any atom is -0.0642 e. The van der Waals surface area contributed by atoms with Gasteiger partial charge in [-0.2, -0.15) is 0 Å². The second kappa shape index (κ2) is 1.81. The molecule has 0 saturated heterocycles. The molecule has 0 spiro atoms. The van der Waals surface area contributed by atoms with Crippen LogP contribution in [0.15, 0.2) is 11.1 Å². The monoisotopic (exact) mass is 160 g/mol. The van der Waals surface area contributed by atoms with E-state index in [1.165, 1.54) is 0 Å². The highest BCUT2D eigenvalue weighted by atomic mass is 14.6. The molecule has 0 heterocycles. The van der Waals surface area contributed by atoms with Crippen molar-refractivity contribution >= 4 is 0 Å². The minimum absolute atomic E-state index is 1.08. The van der Waals surface area contributed by atoms with Gasteiger partial charge >= 0.3 is 0 Å². The Bertz CT molecular complexity index is 222. The molecular weight excluding hydrogens is 144 g/mol. The van der Waals surface area contributed by atoms with Crippen molar-refractivity contribution in [2.45, 2.75) is 38.5 Å². The molecule has 4 atom stereocenters. The molecule has 0 aromatic rings. The predicted molar refractivity (Wildman–Crippen MR) is 48.7 cm³/mol. The molecule has 4 aliphatic carbocycles. The largest absolute Gasteiger partial charge is 0.0642 e. The summed E-state index contributed by atoms with van der Waals surface area (Å²) in [5.74, 6) is 4.33. The van der Waals surface area contributed by atoms with Crippen LogP contribution in [0.3, 0.4) is 0 Å². The standard InChI is InChI=1S/C12H16/c1-2-8-5-7(1)11-9-3-4-10(6-9)12(8)11/h7-10H,1-6H2/t7-,8+,9-,10?/m1/s1. The molecular formula is C12H16. The molecule has 0 aliphatic heterocycles. The van der Waals surface area contributed by atoms with Crippen molar-refractivity contribution in [1.29, 1.82) is 0 Å². The highest BCUT2D eigenvalue weighted by molar-refractivity contribution is 5.39. The van der Waals surface area contributed by atoms with Crippen molar-refractivity contribution in [3.8, 4) is 0 Å². The fourth-order valence-corrected chi connectivity index (χ4v) is 4.70. The summed E-state index contributed by atoms with van der Waals surface area (Å²) < 4.78 is 0. The molecule has 0 aromatic carbocycles. The van der Waals surface area contributed by atoms with E-state index in [4.69, 9.17) is 0 Å². The Hall–Kier alpha value is -0.260. The Kier molecular flexibility index (Phi) is 0.939. The molecule has 4 bridgehead atoms. The molecule has 0 radical (unpaired) electrons. The maximum atomic E-state index is 2.00. The molecule has 0 aromatic heterocycles. The maximum Gasteiger partial charge on any atom is -0.0192 e. The Morgan fingerprint density at radius 3 is 1.25 bits per heavy atom. The Morgan fingerprint density at radius 2 is 0.917 bits per heavy atom. The molecule has 0 heteroatoms. The van der Waals surface area contributed by atoms with Crippen LogP contribution >= 0.6 is 0 Å². The van der Waals surface area contributed by atoms with Gasteiger partial charge in [-0.1, -0.05) is 11.1 Å². The third kappa shape index (κ3) is 0.522. The van der Waals surface area contributed by atoms with E-state index in [0.717, 1.165) is 23.7 Å². The molecule has 0 N–H and O–H groups in total. The van der Waals surface area contributed by atoms with E-state index in [1.54, 1.807) is 38.5 Å². The van der Waals surface area contributed by atoms with Gasteiger partial charge in [0.15, 0.2) is 0 Å². The third-order valence-corrected chi connectivity index (χ3v) is 4.96. The lowest BCUT2D eigenvalue weighted by Crippen LogP contribution is -2.10. The van der Waals surface area contributed by atoms with Crippen LogP contribution in [0, 0.1) is 23.7 Å². The molecule has 4 aliphatic rings. The molecule has 2 saturated carbocycles. The lowest BCUT2D eigenvalue weighted by molar-refractivity contribution is 0.530. The van der Waals surface area contributed by atoms with E-state index in [2.05, 4.69) is 0 Å². The first-order valence-electron chi connectivity index (χ1n) is 5.67. The van der Waals surface area contributed by atoms with E-state index < -0.39 is 0 Å². The zero-order valence-corrected chi connectivity index (χ0v) is 7.55. The van der Waals surface area contributed by atoms with Crippen LogP contribution in [0.5, 0.6) is 0 Å². The fraction of sp³-hybridized carbons (Fsp3) is 0.833. The van der Waals surface area contributed by atoms with Crippen LogP contribution < -0.4 is 0 Å². The molecule has 64 valence electrons. The Labute approximate surface area is 74.0 Å². The second-order valence-electron chi connectivity index (χ2n) is 5.32. The predicted octanol–water partition coefficient (Wildman–Crippen LogP) is 3.14. The first-order valence-corrected chi connectivity index (χ1v) is 5.67. The summed E-state index contributed by atoms with van der Waals surface area (Å²) >= 11 is 0. The van der Waals surface area contributed by atoms with Crippen LogP contribution in [0.25, 0.3) is 0 Å². The average Bonchev–Trinajstić information content (AvgIpc) is 2.83. The first-order chi connectivity index (χ1) is 5.93. The lowest BCUT2D eigenvalue weighted by atomic mass is 9.82. The van der Waals surface area contributed by atoms with Gasteiger partial charge in [-0.05, 0) is 62.2 Å². The Balaban J connectivity index is 1.90. The quantitative estimate of drug-likeness (QED) is 0.377. The summed E-state index contributed by atoms with van der Waals surface area (Å²) in [6.45, 7) is 0. The normalized spacial score (nSPS) is 54.0. The topological polar surface area (TPSA) is 0 Å². The van der Waals surface area contributed by atoms with Gasteiger partial charge in [0.05, 0.1) is 0 Å². The van der Waals surface area contributed by atoms with Gasteiger partial charge in [-0.15, -0.1) is 0 Å². The second-order valence-corrected chi connectivity index (χ2v) is 5.32. The fourth-order valence-electron chi connectivity index (χ4n) is 4.70. The number of hydrogen-bond acceptors (Lipinski definition) is 0. The van der Waals surface area contributed by atoms with Gasteiger partial charge in [-0.25, -0.2) is 0 Å². The van der Waals surface area contributed by atoms with Crippen molar-refractivity contribution in [3.05, 3.63) is 11.1 Å². The van der Waals surface area contributed by atoms with E-state index >= 15 is 0 Å². The van der Waals surface area contributed by atoms with E-state index in [9.17, 15) is 0 Å². The zero-order chi connectivity index (χ0) is 7.71. The van der Waals surface area contributed by atoms with Crippen molar-refractivity contribution in [3.63, 3.8) is 0 Å². The molecule has 0 amide bonds. The Morgan fingerprint density at radius 1 is 0.583 bits per heavy atom. The highest BCUT2D eigenvalue weighted by Crippen LogP contribution is 2.63. The van der Waals surface area contributed by atoms with Crippen LogP contribution in [-0.4, -0.2) is 0 Å². The lowest BCUT2D eigenvalue weighted by Gasteiger charge is -2.23. The zero-order valence-electron chi connectivity index (χ0n) is 7.55. The van der Waals surface area contributed by atoms with Crippen LogP contribution in [0.2, 0.25) is 0 Å². The molecule has 12 heavy (non-hydrogen) atoms. The summed E-state index contributed by atoms with van der Waals surface area (Å²) in [5.41, 5.74) is 4.00. The van der Waals surface area contributed by atoms with E-state index in [-0.39, 0.29) is 0 Å². The van der Waals surface area contributed by atoms with Crippen LogP contribution in [0.1, 0.15) is 38.5 Å². The van der Waals surface area contributed by atoms with E-state index in [1.807, 2.05) is 11.1 Å². The number of allylic oxidation sites excluding steroid dienone is 2. The van der Waals surface area contributed by atoms with Gasteiger partial charge in [0.1, 0.15) is 0 Å². The summed E-state index contributed by atoms with van der Waals surface area (Å²) in [4.78, 5) is 0. The van der Waals surface area contributed by atoms with E-state index in [0.29, 0.717) is 0 Å². The molecule has 2 fully saturated rings. The maximum absolute atomic E-state index is 2.00. The van der Waals surface area contributed by atoms with Gasteiger partial charge in [-0.3, -0.25) is 0 Å². The van der Waals surface area contributed by atoms with Crippen molar-refractivity contribution < 1.29 is 0 Å². The van der Waals surface area contributed by atoms with Crippen LogP contribution in [-0.2, 0) is 0 Å². The number of rotatable bonds is 0.